The quantitative estimate of drug-likeness (QED) is 0.603. The molecular weight excluding hydrogens is 395 g/mol. The van der Waals surface area contributed by atoms with Crippen LogP contribution in [0.3, 0.4) is 0 Å². The maximum absolute atomic E-state index is 13.9. The Kier molecular flexibility index (Phi) is 4.34. The molecule has 2 aliphatic rings. The summed E-state index contributed by atoms with van der Waals surface area (Å²) in [4.78, 5) is 23.0. The molecule has 0 spiro atoms. The number of benzene rings is 1. The summed E-state index contributed by atoms with van der Waals surface area (Å²) in [6.45, 7) is 0. The highest BCUT2D eigenvalue weighted by Crippen LogP contribution is 2.45. The van der Waals surface area contributed by atoms with Gasteiger partial charge in [-0.25, -0.2) is 23.1 Å². The summed E-state index contributed by atoms with van der Waals surface area (Å²) in [7, 11) is 1.69. The van der Waals surface area contributed by atoms with Crippen LogP contribution in [0.15, 0.2) is 30.7 Å². The monoisotopic (exact) mass is 413 g/mol. The molecule has 2 unspecified atom stereocenters. The van der Waals surface area contributed by atoms with Crippen LogP contribution in [-0.4, -0.2) is 36.6 Å². The number of aromatic nitrogens is 4. The maximum Gasteiger partial charge on any atom is 0.273 e. The molecule has 1 amide bonds. The maximum atomic E-state index is 13.9. The minimum absolute atomic E-state index is 0.0724. The highest BCUT2D eigenvalue weighted by atomic mass is 19.2. The van der Waals surface area contributed by atoms with Crippen LogP contribution >= 0.6 is 0 Å². The van der Waals surface area contributed by atoms with Crippen molar-refractivity contribution in [2.75, 3.05) is 0 Å². The molecule has 6 nitrogen and oxygen atoms in total. The molecule has 2 aromatic heterocycles. The average molecular weight is 413 g/mol. The smallest absolute Gasteiger partial charge is 0.273 e. The van der Waals surface area contributed by atoms with E-state index in [0.29, 0.717) is 17.8 Å². The van der Waals surface area contributed by atoms with Crippen molar-refractivity contribution in [3.63, 3.8) is 0 Å². The second-order valence-corrected chi connectivity index (χ2v) is 7.70. The fourth-order valence-corrected chi connectivity index (χ4v) is 4.75. The summed E-state index contributed by atoms with van der Waals surface area (Å²) in [5, 5.41) is 4.61. The molecule has 1 aromatic carbocycles. The number of carbonyl (C=O) groups excluding carboxylic acids is 1. The van der Waals surface area contributed by atoms with Gasteiger partial charge in [-0.05, 0) is 43.9 Å². The van der Waals surface area contributed by atoms with E-state index in [-0.39, 0.29) is 23.6 Å². The van der Waals surface area contributed by atoms with Gasteiger partial charge in [-0.1, -0.05) is 0 Å². The molecule has 1 fully saturated rings. The number of fused-ring (bicyclic) bond motifs is 4. The van der Waals surface area contributed by atoms with Gasteiger partial charge in [-0.15, -0.1) is 0 Å². The Hall–Kier alpha value is -3.23. The van der Waals surface area contributed by atoms with Gasteiger partial charge in [0.25, 0.3) is 5.91 Å². The topological polar surface area (TPSA) is 63.9 Å². The predicted molar refractivity (Wildman–Crippen MR) is 101 cm³/mol. The Labute approximate surface area is 170 Å². The van der Waals surface area contributed by atoms with Gasteiger partial charge in [-0.3, -0.25) is 9.48 Å². The number of hydrogen-bond acceptors (Lipinski definition) is 4. The molecule has 3 aromatic rings. The van der Waals surface area contributed by atoms with Crippen molar-refractivity contribution in [2.24, 2.45) is 7.05 Å². The minimum Gasteiger partial charge on any atom is -0.325 e. The lowest BCUT2D eigenvalue weighted by Gasteiger charge is -2.45. The van der Waals surface area contributed by atoms with Crippen LogP contribution < -0.4 is 0 Å². The van der Waals surface area contributed by atoms with Crippen LogP contribution in [0.5, 0.6) is 0 Å². The number of aryl methyl sites for hydroxylation is 1. The van der Waals surface area contributed by atoms with Crippen LogP contribution in [-0.2, 0) is 13.5 Å². The zero-order valence-electron chi connectivity index (χ0n) is 16.1. The van der Waals surface area contributed by atoms with E-state index in [4.69, 9.17) is 0 Å². The van der Waals surface area contributed by atoms with Crippen molar-refractivity contribution in [3.05, 3.63) is 65.1 Å². The van der Waals surface area contributed by atoms with Gasteiger partial charge < -0.3 is 4.90 Å². The third-order valence-electron chi connectivity index (χ3n) is 5.97. The number of hydrogen-bond donors (Lipinski definition) is 0. The molecule has 0 saturated carbocycles. The third kappa shape index (κ3) is 2.79. The van der Waals surface area contributed by atoms with Crippen LogP contribution in [0.4, 0.5) is 13.2 Å². The highest BCUT2D eigenvalue weighted by molar-refractivity contribution is 5.93. The van der Waals surface area contributed by atoms with Crippen molar-refractivity contribution < 1.29 is 18.0 Å². The fraction of sp³-hybridized carbons (Fsp3) is 0.333. The summed E-state index contributed by atoms with van der Waals surface area (Å²) in [6.07, 6.45) is 5.88. The van der Waals surface area contributed by atoms with Gasteiger partial charge in [0.05, 0.1) is 17.4 Å². The lowest BCUT2D eigenvalue weighted by atomic mass is 9.81. The lowest BCUT2D eigenvalue weighted by Crippen LogP contribution is -2.50. The van der Waals surface area contributed by atoms with E-state index in [1.54, 1.807) is 17.8 Å². The molecule has 2 aliphatic heterocycles. The molecule has 5 rings (SSSR count). The van der Waals surface area contributed by atoms with E-state index < -0.39 is 17.5 Å². The summed E-state index contributed by atoms with van der Waals surface area (Å²) in [5.41, 5.74) is 2.68. The van der Waals surface area contributed by atoms with E-state index in [2.05, 4.69) is 15.1 Å². The highest BCUT2D eigenvalue weighted by Gasteiger charge is 2.43. The van der Waals surface area contributed by atoms with Gasteiger partial charge in [-0.2, -0.15) is 5.10 Å². The van der Waals surface area contributed by atoms with E-state index in [1.807, 2.05) is 4.90 Å². The number of rotatable bonds is 2. The van der Waals surface area contributed by atoms with Gasteiger partial charge in [0.1, 0.15) is 12.0 Å². The first-order valence-electron chi connectivity index (χ1n) is 9.75. The van der Waals surface area contributed by atoms with Crippen LogP contribution in [0, 0.1) is 17.5 Å². The minimum atomic E-state index is -1.49. The number of nitrogens with zero attached hydrogens (tertiary/aromatic N) is 5. The summed E-state index contributed by atoms with van der Waals surface area (Å²) in [6, 6.07) is 3.25. The Morgan fingerprint density at radius 3 is 2.63 bits per heavy atom. The molecule has 1 saturated heterocycles. The number of piperidine rings is 1. The van der Waals surface area contributed by atoms with Gasteiger partial charge in [0.2, 0.25) is 0 Å². The zero-order valence-corrected chi connectivity index (χ0v) is 16.1. The molecule has 2 bridgehead atoms. The summed E-state index contributed by atoms with van der Waals surface area (Å²) < 4.78 is 42.8. The molecule has 0 radical (unpaired) electrons. The third-order valence-corrected chi connectivity index (χ3v) is 5.97. The van der Waals surface area contributed by atoms with Crippen molar-refractivity contribution in [1.29, 1.82) is 0 Å². The van der Waals surface area contributed by atoms with Crippen molar-refractivity contribution in [3.8, 4) is 11.3 Å². The first-order valence-corrected chi connectivity index (χ1v) is 9.75. The molecular formula is C21H18F3N5O. The largest absolute Gasteiger partial charge is 0.325 e. The summed E-state index contributed by atoms with van der Waals surface area (Å²) >= 11 is 0. The van der Waals surface area contributed by atoms with Crippen LogP contribution in [0.2, 0.25) is 0 Å². The molecule has 30 heavy (non-hydrogen) atoms. The van der Waals surface area contributed by atoms with E-state index in [9.17, 15) is 18.0 Å². The Bertz CT molecular complexity index is 1120. The zero-order chi connectivity index (χ0) is 21.0. The average Bonchev–Trinajstić information content (AvgIpc) is 3.07. The van der Waals surface area contributed by atoms with Gasteiger partial charge in [0.15, 0.2) is 17.5 Å². The number of halogens is 3. The first-order chi connectivity index (χ1) is 14.5. The molecule has 9 heteroatoms. The standard InChI is InChI=1S/C21H18F3N5O/c1-28-20(11-7-14(22)18(24)15(23)8-11)13-9-12-3-2-4-17(19(13)27-28)29(12)21(30)16-5-6-25-10-26-16/h5-8,10,12,17H,2-4,9H2,1H3. The SMILES string of the molecule is Cn1nc2c(c1-c1cc(F)c(F)c(F)c1)CC1CCCC2N1C(=O)c1ccncn1. The van der Waals surface area contributed by atoms with E-state index in [0.717, 1.165) is 42.7 Å². The molecule has 0 aliphatic carbocycles. The molecule has 154 valence electrons. The van der Waals surface area contributed by atoms with E-state index >= 15 is 0 Å². The second kappa shape index (κ2) is 6.93. The number of carbonyl (C=O) groups is 1. The van der Waals surface area contributed by atoms with Gasteiger partial charge >= 0.3 is 0 Å². The second-order valence-electron chi connectivity index (χ2n) is 7.70. The predicted octanol–water partition coefficient (Wildman–Crippen LogP) is 3.59. The molecule has 4 heterocycles. The Balaban J connectivity index is 1.60. The van der Waals surface area contributed by atoms with Gasteiger partial charge in [0, 0.05) is 30.4 Å². The first kappa shape index (κ1) is 18.8. The molecule has 0 N–H and O–H groups in total. The Morgan fingerprint density at radius 1 is 1.17 bits per heavy atom. The van der Waals surface area contributed by atoms with Crippen molar-refractivity contribution in [2.45, 2.75) is 37.8 Å². The number of amides is 1. The lowest BCUT2D eigenvalue weighted by molar-refractivity contribution is 0.0385. The fourth-order valence-electron chi connectivity index (χ4n) is 4.75. The normalized spacial score (nSPS) is 20.2. The van der Waals surface area contributed by atoms with Crippen molar-refractivity contribution in [1.82, 2.24) is 24.6 Å². The van der Waals surface area contributed by atoms with E-state index in [1.165, 1.54) is 12.5 Å². The van der Waals surface area contributed by atoms with Crippen LogP contribution in [0.1, 0.15) is 47.1 Å². The van der Waals surface area contributed by atoms with Crippen LogP contribution in [0.25, 0.3) is 11.3 Å². The molecule has 2 atom stereocenters. The van der Waals surface area contributed by atoms with Crippen molar-refractivity contribution >= 4 is 5.91 Å². The summed E-state index contributed by atoms with van der Waals surface area (Å²) in [5.74, 6) is -4.15. The Morgan fingerprint density at radius 2 is 1.93 bits per heavy atom.